The quantitative estimate of drug-likeness (QED) is 0.0616. The fourth-order valence-corrected chi connectivity index (χ4v) is 28.1. The normalized spacial score (nSPS) is 13.6. The topological polar surface area (TPSA) is 37.3 Å². The van der Waals surface area contributed by atoms with Crippen molar-refractivity contribution in [3.63, 3.8) is 0 Å². The molecule has 0 aliphatic rings. The van der Waals surface area contributed by atoms with Crippen molar-refractivity contribution in [2.45, 2.75) is 728 Å². The van der Waals surface area contributed by atoms with Gasteiger partial charge in [-0.1, -0.05) is 600 Å². The second-order valence-electron chi connectivity index (χ2n) is 44.0. The van der Waals surface area contributed by atoms with Crippen LogP contribution < -0.4 is 0 Å². The van der Waals surface area contributed by atoms with Crippen LogP contribution in [0.15, 0.2) is 0 Å². The lowest BCUT2D eigenvalue weighted by Gasteiger charge is -2.77. The Morgan fingerprint density at radius 3 is 0.516 bits per heavy atom. The van der Waals surface area contributed by atoms with Gasteiger partial charge in [-0.3, -0.25) is 4.79 Å². The fraction of sp³-hybridized carbons (Fsp3) is 0.992. The van der Waals surface area contributed by atoms with Crippen molar-refractivity contribution in [3.8, 4) is 0 Å². The lowest BCUT2D eigenvalue weighted by atomic mass is 9.26. The van der Waals surface area contributed by atoms with Crippen LogP contribution in [-0.2, 0) is 4.79 Å². The highest BCUT2D eigenvalue weighted by molar-refractivity contribution is 5.76. The minimum atomic E-state index is -0.834. The molecule has 0 fully saturated rings. The maximum Gasteiger partial charge on any atom is 0.310 e. The zero-order valence-corrected chi connectivity index (χ0v) is 90.4. The summed E-state index contributed by atoms with van der Waals surface area (Å²) >= 11 is 0. The van der Waals surface area contributed by atoms with Gasteiger partial charge in [-0.2, -0.15) is 0 Å². The second kappa shape index (κ2) is 83.1. The molecular weight excluding hydrogens is 1500 g/mol. The molecule has 0 rings (SSSR count). The molecular formula is C122H244O2. The van der Waals surface area contributed by atoms with Gasteiger partial charge >= 0.3 is 5.97 Å². The van der Waals surface area contributed by atoms with E-state index in [1.165, 1.54) is 578 Å². The minimum absolute atomic E-state index is 0.0262. The highest BCUT2D eigenvalue weighted by atomic mass is 16.4. The van der Waals surface area contributed by atoms with Gasteiger partial charge in [0.15, 0.2) is 0 Å². The van der Waals surface area contributed by atoms with Crippen molar-refractivity contribution in [1.29, 1.82) is 0 Å². The zero-order chi connectivity index (χ0) is 91.6. The Balaban J connectivity index is 12.7. The van der Waals surface area contributed by atoms with E-state index in [1.807, 2.05) is 0 Å². The lowest BCUT2D eigenvalue weighted by molar-refractivity contribution is -0.292. The SMILES string of the molecule is CCCCCCC(CCCCC(CCCCCC)(C(=O)O)C(CCCCCC)(CCCCCC)C(CCCCCC)(CCCCCC)C(CCCCCC)(CCCCCC)C(CCCCCC)(CCCCCC)C(CCCCCC)(CCCCCC)C(CCCCCC)(CCCCCC)CCCCCC)C(CCCCCC)(CCCCCC)CCCCCC. The predicted molar refractivity (Wildman–Crippen MR) is 567 cm³/mol. The smallest absolute Gasteiger partial charge is 0.310 e. The Kier molecular flexibility index (Phi) is 82.7. The van der Waals surface area contributed by atoms with Gasteiger partial charge in [-0.05, 0) is 172 Å². The van der Waals surface area contributed by atoms with Crippen LogP contribution in [0.2, 0.25) is 0 Å². The Morgan fingerprint density at radius 1 is 0.161 bits per heavy atom. The number of carbonyl (C=O) groups is 1. The Labute approximate surface area is 788 Å². The van der Waals surface area contributed by atoms with Crippen LogP contribution in [-0.4, -0.2) is 11.1 Å². The summed E-state index contributed by atoms with van der Waals surface area (Å²) < 4.78 is 0. The van der Waals surface area contributed by atoms with E-state index in [9.17, 15) is 5.11 Å². The van der Waals surface area contributed by atoms with Crippen LogP contribution >= 0.6 is 0 Å². The highest BCUT2D eigenvalue weighted by Gasteiger charge is 2.77. The van der Waals surface area contributed by atoms with Gasteiger partial charge in [0.05, 0.1) is 5.41 Å². The molecule has 0 aromatic carbocycles. The molecule has 0 aliphatic carbocycles. The molecule has 1 N–H and O–H groups in total. The Bertz CT molecular complexity index is 2060. The van der Waals surface area contributed by atoms with Gasteiger partial charge in [0.2, 0.25) is 0 Å². The number of carboxylic acid groups (broad SMARTS) is 1. The van der Waals surface area contributed by atoms with E-state index in [4.69, 9.17) is 0 Å². The number of hydrogen-bond donors (Lipinski definition) is 1. The van der Waals surface area contributed by atoms with Gasteiger partial charge in [0, 0.05) is 0 Å². The number of rotatable bonds is 103. The summed E-state index contributed by atoms with van der Waals surface area (Å²) in [6.45, 7) is 45.2. The van der Waals surface area contributed by atoms with Crippen molar-refractivity contribution in [3.05, 3.63) is 0 Å². The van der Waals surface area contributed by atoms with Gasteiger partial charge in [0.1, 0.15) is 0 Å². The first-order valence-electron chi connectivity index (χ1n) is 59.9. The predicted octanol–water partition coefficient (Wildman–Crippen LogP) is 45.6. The summed E-state index contributed by atoms with van der Waals surface area (Å²) in [5.41, 5.74) is -0.713. The van der Waals surface area contributed by atoms with E-state index in [-0.39, 0.29) is 38.5 Å². The van der Waals surface area contributed by atoms with Crippen LogP contribution in [0.3, 0.4) is 0 Å². The average Bonchev–Trinajstić information content (AvgIpc) is 0.659. The minimum Gasteiger partial charge on any atom is -0.481 e. The molecule has 0 amide bonds. The van der Waals surface area contributed by atoms with Crippen molar-refractivity contribution in [2.75, 3.05) is 0 Å². The third kappa shape index (κ3) is 44.8. The van der Waals surface area contributed by atoms with Crippen LogP contribution in [0.1, 0.15) is 728 Å². The number of aliphatic carboxylic acids is 1. The van der Waals surface area contributed by atoms with Crippen LogP contribution in [0.25, 0.3) is 0 Å². The first-order valence-corrected chi connectivity index (χ1v) is 59.9. The molecule has 744 valence electrons. The number of unbranched alkanes of at least 4 members (excludes halogenated alkanes) is 55. The molecule has 2 unspecified atom stereocenters. The van der Waals surface area contributed by atoms with E-state index < -0.39 is 5.41 Å². The maximum absolute atomic E-state index is 18.1. The van der Waals surface area contributed by atoms with Crippen molar-refractivity contribution in [2.24, 2.45) is 49.2 Å². The zero-order valence-electron chi connectivity index (χ0n) is 90.4. The van der Waals surface area contributed by atoms with Gasteiger partial charge < -0.3 is 5.11 Å². The summed E-state index contributed by atoms with van der Waals surface area (Å²) in [5.74, 6) is 0.468. The van der Waals surface area contributed by atoms with E-state index >= 15 is 4.79 Å². The third-order valence-corrected chi connectivity index (χ3v) is 34.8. The fourth-order valence-electron chi connectivity index (χ4n) is 28.1. The van der Waals surface area contributed by atoms with E-state index in [2.05, 4.69) is 125 Å². The molecule has 2 nitrogen and oxygen atoms in total. The molecule has 0 aliphatic heterocycles. The molecule has 0 bridgehead atoms. The van der Waals surface area contributed by atoms with Crippen LogP contribution in [0.4, 0.5) is 0 Å². The van der Waals surface area contributed by atoms with E-state index in [1.54, 1.807) is 0 Å². The first kappa shape index (κ1) is 123. The second-order valence-corrected chi connectivity index (χ2v) is 44.0. The molecule has 0 saturated heterocycles. The van der Waals surface area contributed by atoms with Crippen LogP contribution in [0.5, 0.6) is 0 Å². The Hall–Kier alpha value is -0.530. The largest absolute Gasteiger partial charge is 0.481 e. The highest BCUT2D eigenvalue weighted by Crippen LogP contribution is 2.83. The summed E-state index contributed by atoms with van der Waals surface area (Å²) in [7, 11) is 0. The lowest BCUT2D eigenvalue weighted by Crippen LogP contribution is -2.71. The monoisotopic (exact) mass is 1740 g/mol. The van der Waals surface area contributed by atoms with Crippen molar-refractivity contribution in [1.82, 2.24) is 0 Å². The van der Waals surface area contributed by atoms with Crippen LogP contribution in [0, 0.1) is 49.2 Å². The maximum atomic E-state index is 18.1. The summed E-state index contributed by atoms with van der Waals surface area (Å²) in [6.07, 6.45) is 125. The third-order valence-electron chi connectivity index (χ3n) is 34.8. The molecule has 124 heavy (non-hydrogen) atoms. The van der Waals surface area contributed by atoms with E-state index in [0.29, 0.717) is 5.41 Å². The molecule has 2 heteroatoms. The molecule has 2 atom stereocenters. The summed E-state index contributed by atoms with van der Waals surface area (Å²) in [4.78, 5) is 18.1. The standard InChI is InChI=1S/C122H244O2/c1-19-37-55-73-93-113(115(95-75-56-38-20-2,96-76-57-39-21-3)97-77-58-40-22-4)94-74-92-102-117(114(123)124,101-81-62-44-26-8)119(105-84-65-47-29-11,106-85-66-48-30-12)121(109-88-69-51-33-15,110-89-70-52-34-16)122(111-90-71-53-35-17,112-91-72-54-36-18)120(107-86-67-49-31-13,108-87-68-50-32-14)118(103-82-63-45-27-9,104-83-64-46-28-10)116(98-78-59-41-23-5,99-79-60-42-24-6)100-80-61-43-25-7/h113H,19-112H2,1-18H3,(H,123,124). The first-order chi connectivity index (χ1) is 60.6. The van der Waals surface area contributed by atoms with Gasteiger partial charge in [-0.25, -0.2) is 0 Å². The average molecular weight is 1740 g/mol. The van der Waals surface area contributed by atoms with Crippen molar-refractivity contribution < 1.29 is 9.90 Å². The van der Waals surface area contributed by atoms with E-state index in [0.717, 1.165) is 31.6 Å². The number of hydrogen-bond acceptors (Lipinski definition) is 1. The summed E-state index contributed by atoms with van der Waals surface area (Å²) in [5, 5.41) is 14.8. The molecule has 0 aromatic heterocycles. The number of carboxylic acids is 1. The molecule has 0 aromatic rings. The van der Waals surface area contributed by atoms with Gasteiger partial charge in [0.25, 0.3) is 0 Å². The molecule has 0 saturated carbocycles. The van der Waals surface area contributed by atoms with Crippen molar-refractivity contribution >= 4 is 5.97 Å². The molecule has 0 heterocycles. The summed E-state index contributed by atoms with van der Waals surface area (Å²) in [6, 6.07) is 0. The Morgan fingerprint density at radius 2 is 0.306 bits per heavy atom. The van der Waals surface area contributed by atoms with Gasteiger partial charge in [-0.15, -0.1) is 0 Å². The molecule has 0 radical (unpaired) electrons. The molecule has 0 spiro atoms.